The number of carboxylic acid groups (broad SMARTS) is 1. The molecule has 1 heterocycles. The van der Waals surface area contributed by atoms with Crippen LogP contribution in [0.3, 0.4) is 0 Å². The predicted octanol–water partition coefficient (Wildman–Crippen LogP) is 5.33. The fraction of sp³-hybridized carbons (Fsp3) is 0.214. The van der Waals surface area contributed by atoms with Gasteiger partial charge in [0.15, 0.2) is 11.5 Å². The average molecular weight is 514 g/mol. The van der Waals surface area contributed by atoms with Gasteiger partial charge in [-0.2, -0.15) is 10.5 Å². The summed E-state index contributed by atoms with van der Waals surface area (Å²) in [6.45, 7) is 0.0443. The zero-order valence-corrected chi connectivity index (χ0v) is 20.9. The van der Waals surface area contributed by atoms with Crippen molar-refractivity contribution in [3.05, 3.63) is 80.7 Å². The molecular formula is C28H23N3O5S. The number of thiophene rings is 1. The van der Waals surface area contributed by atoms with Crippen molar-refractivity contribution in [3.63, 3.8) is 0 Å². The third-order valence-corrected chi connectivity index (χ3v) is 7.17. The van der Waals surface area contributed by atoms with Gasteiger partial charge in [0, 0.05) is 10.4 Å². The van der Waals surface area contributed by atoms with E-state index in [0.29, 0.717) is 33.2 Å². The van der Waals surface area contributed by atoms with Crippen LogP contribution < -0.4 is 14.8 Å². The van der Waals surface area contributed by atoms with E-state index >= 15 is 0 Å². The van der Waals surface area contributed by atoms with Gasteiger partial charge < -0.3 is 19.9 Å². The molecule has 1 aliphatic rings. The molecule has 1 amide bonds. The van der Waals surface area contributed by atoms with E-state index in [-0.39, 0.29) is 17.7 Å². The first kappa shape index (κ1) is 25.5. The molecule has 2 N–H and O–H groups in total. The molecule has 0 radical (unpaired) electrons. The quantitative estimate of drug-likeness (QED) is 0.307. The Morgan fingerprint density at radius 3 is 2.68 bits per heavy atom. The van der Waals surface area contributed by atoms with Crippen LogP contribution in [0.1, 0.15) is 50.3 Å². The number of nitrogens with zero attached hydrogens (tertiary/aromatic N) is 2. The van der Waals surface area contributed by atoms with Crippen LogP contribution in [0, 0.1) is 22.7 Å². The van der Waals surface area contributed by atoms with Crippen molar-refractivity contribution in [1.82, 2.24) is 0 Å². The highest BCUT2D eigenvalue weighted by Gasteiger charge is 2.23. The molecule has 186 valence electrons. The predicted molar refractivity (Wildman–Crippen MR) is 139 cm³/mol. The summed E-state index contributed by atoms with van der Waals surface area (Å²) >= 11 is 1.39. The summed E-state index contributed by atoms with van der Waals surface area (Å²) < 4.78 is 11.4. The number of carboxylic acids is 1. The Labute approximate surface area is 218 Å². The maximum absolute atomic E-state index is 13.0. The lowest BCUT2D eigenvalue weighted by atomic mass is 9.96. The zero-order valence-electron chi connectivity index (χ0n) is 20.0. The lowest BCUT2D eigenvalue weighted by molar-refractivity contribution is -0.112. The van der Waals surface area contributed by atoms with Crippen LogP contribution in [0.25, 0.3) is 6.08 Å². The lowest BCUT2D eigenvalue weighted by Crippen LogP contribution is -2.13. The molecule has 0 unspecified atom stereocenters. The average Bonchev–Trinajstić information content (AvgIpc) is 3.27. The number of amides is 1. The van der Waals surface area contributed by atoms with Gasteiger partial charge in [0.1, 0.15) is 29.3 Å². The van der Waals surface area contributed by atoms with Gasteiger partial charge in [-0.25, -0.2) is 4.79 Å². The van der Waals surface area contributed by atoms with Crippen molar-refractivity contribution in [3.8, 4) is 23.6 Å². The summed E-state index contributed by atoms with van der Waals surface area (Å²) in [5.74, 6) is -0.978. The Morgan fingerprint density at radius 2 is 1.95 bits per heavy atom. The molecule has 9 heteroatoms. The number of methoxy groups -OCH3 is 1. The van der Waals surface area contributed by atoms with Gasteiger partial charge in [-0.1, -0.05) is 24.3 Å². The summed E-state index contributed by atoms with van der Waals surface area (Å²) in [5.41, 5.74) is 2.50. The second kappa shape index (κ2) is 11.4. The molecule has 1 aliphatic carbocycles. The first-order valence-electron chi connectivity index (χ1n) is 11.5. The van der Waals surface area contributed by atoms with E-state index in [1.807, 2.05) is 6.07 Å². The van der Waals surface area contributed by atoms with E-state index < -0.39 is 11.9 Å². The number of benzene rings is 2. The highest BCUT2D eigenvalue weighted by molar-refractivity contribution is 7.16. The minimum atomic E-state index is -1.04. The van der Waals surface area contributed by atoms with Gasteiger partial charge >= 0.3 is 5.97 Å². The molecule has 0 aliphatic heterocycles. The molecule has 0 saturated heterocycles. The van der Waals surface area contributed by atoms with E-state index in [2.05, 4.69) is 11.4 Å². The van der Waals surface area contributed by atoms with Crippen molar-refractivity contribution in [2.45, 2.75) is 32.3 Å². The van der Waals surface area contributed by atoms with E-state index in [0.717, 1.165) is 36.1 Å². The highest BCUT2D eigenvalue weighted by atomic mass is 32.1. The van der Waals surface area contributed by atoms with Crippen LogP contribution in [0.5, 0.6) is 11.5 Å². The summed E-state index contributed by atoms with van der Waals surface area (Å²) in [6.07, 6.45) is 5.15. The van der Waals surface area contributed by atoms with Crippen LogP contribution in [-0.2, 0) is 24.2 Å². The van der Waals surface area contributed by atoms with Gasteiger partial charge in [-0.15, -0.1) is 11.3 Å². The topological polar surface area (TPSA) is 132 Å². The SMILES string of the molecule is COc1cccc(/C=C(\C#N)C(=O)Nc2sc3c(c2C#N)CCCC3)c1OCc1cccc(C(=O)O)c1. The number of anilines is 1. The van der Waals surface area contributed by atoms with E-state index in [4.69, 9.17) is 9.47 Å². The Balaban J connectivity index is 1.61. The van der Waals surface area contributed by atoms with Gasteiger partial charge in [-0.05, 0) is 61.1 Å². The summed E-state index contributed by atoms with van der Waals surface area (Å²) in [6, 6.07) is 15.6. The Hall–Kier alpha value is -4.60. The number of ether oxygens (including phenoxy) is 2. The molecule has 0 spiro atoms. The molecule has 37 heavy (non-hydrogen) atoms. The first-order valence-corrected chi connectivity index (χ1v) is 12.4. The van der Waals surface area contributed by atoms with Crippen molar-refractivity contribution in [2.24, 2.45) is 0 Å². The number of para-hydroxylation sites is 1. The molecule has 2 aromatic carbocycles. The molecule has 4 rings (SSSR count). The number of hydrogen-bond acceptors (Lipinski definition) is 7. The van der Waals surface area contributed by atoms with Crippen LogP contribution in [0.15, 0.2) is 48.0 Å². The molecule has 1 aromatic heterocycles. The van der Waals surface area contributed by atoms with E-state index in [1.54, 1.807) is 30.3 Å². The monoisotopic (exact) mass is 513 g/mol. The number of fused-ring (bicyclic) bond motifs is 1. The number of carbonyl (C=O) groups excluding carboxylic acids is 1. The Bertz CT molecular complexity index is 1480. The standard InChI is InChI=1S/C28H23N3O5S/c1-35-23-10-5-7-18(25(23)36-16-17-6-4-8-19(12-17)28(33)34)13-20(14-29)26(32)31-27-22(15-30)21-9-2-3-11-24(21)37-27/h4-8,10,12-13H,2-3,9,11,16H2,1H3,(H,31,32)(H,33,34)/b20-13+. The number of rotatable bonds is 8. The summed E-state index contributed by atoms with van der Waals surface area (Å²) in [7, 11) is 1.47. The molecule has 0 bridgehead atoms. The molecule has 0 saturated carbocycles. The number of aromatic carboxylic acids is 1. The smallest absolute Gasteiger partial charge is 0.335 e. The Kier molecular flexibility index (Phi) is 7.87. The summed E-state index contributed by atoms with van der Waals surface area (Å²) in [4.78, 5) is 25.4. The normalized spacial score (nSPS) is 12.6. The number of nitrogens with one attached hydrogen (secondary N) is 1. The maximum atomic E-state index is 13.0. The van der Waals surface area contributed by atoms with Gasteiger partial charge in [0.05, 0.1) is 18.2 Å². The van der Waals surface area contributed by atoms with Crippen molar-refractivity contribution in [1.29, 1.82) is 10.5 Å². The number of carbonyl (C=O) groups is 2. The molecule has 3 aromatic rings. The van der Waals surface area contributed by atoms with Gasteiger partial charge in [0.2, 0.25) is 0 Å². The van der Waals surface area contributed by atoms with Crippen molar-refractivity contribution >= 4 is 34.3 Å². The Morgan fingerprint density at radius 1 is 1.16 bits per heavy atom. The number of hydrogen-bond donors (Lipinski definition) is 2. The molecule has 0 fully saturated rings. The fourth-order valence-electron chi connectivity index (χ4n) is 4.16. The first-order chi connectivity index (χ1) is 17.9. The van der Waals surface area contributed by atoms with Crippen LogP contribution in [0.2, 0.25) is 0 Å². The van der Waals surface area contributed by atoms with Crippen LogP contribution >= 0.6 is 11.3 Å². The third-order valence-electron chi connectivity index (χ3n) is 5.96. The van der Waals surface area contributed by atoms with Crippen molar-refractivity contribution < 1.29 is 24.2 Å². The van der Waals surface area contributed by atoms with E-state index in [1.165, 1.54) is 36.7 Å². The molecular weight excluding hydrogens is 490 g/mol. The third kappa shape index (κ3) is 5.64. The minimum absolute atomic E-state index is 0.0443. The van der Waals surface area contributed by atoms with E-state index in [9.17, 15) is 25.2 Å². The highest BCUT2D eigenvalue weighted by Crippen LogP contribution is 2.38. The minimum Gasteiger partial charge on any atom is -0.493 e. The summed E-state index contributed by atoms with van der Waals surface area (Å²) in [5, 5.41) is 31.9. The molecule has 0 atom stereocenters. The fourth-order valence-corrected chi connectivity index (χ4v) is 5.39. The maximum Gasteiger partial charge on any atom is 0.335 e. The second-order valence-corrected chi connectivity index (χ2v) is 9.43. The van der Waals surface area contributed by atoms with Gasteiger partial charge in [-0.3, -0.25) is 4.79 Å². The largest absolute Gasteiger partial charge is 0.493 e. The number of nitriles is 2. The molecule has 8 nitrogen and oxygen atoms in total. The van der Waals surface area contributed by atoms with Gasteiger partial charge in [0.25, 0.3) is 5.91 Å². The second-order valence-electron chi connectivity index (χ2n) is 8.32. The zero-order chi connectivity index (χ0) is 26.4. The van der Waals surface area contributed by atoms with Crippen molar-refractivity contribution in [2.75, 3.05) is 12.4 Å². The van der Waals surface area contributed by atoms with Crippen LogP contribution in [-0.4, -0.2) is 24.1 Å². The van der Waals surface area contributed by atoms with Crippen LogP contribution in [0.4, 0.5) is 5.00 Å². The number of aryl methyl sites for hydroxylation is 1. The lowest BCUT2D eigenvalue weighted by Gasteiger charge is -2.14.